The molecule has 0 bridgehead atoms. The summed E-state index contributed by atoms with van der Waals surface area (Å²) in [5.41, 5.74) is -0.150. The van der Waals surface area contributed by atoms with E-state index in [1.165, 1.54) is 0 Å². The fourth-order valence-electron chi connectivity index (χ4n) is 0.690. The van der Waals surface area contributed by atoms with Crippen molar-refractivity contribution in [2.75, 3.05) is 0 Å². The summed E-state index contributed by atoms with van der Waals surface area (Å²) in [6.45, 7) is 0. The lowest BCUT2D eigenvalue weighted by molar-refractivity contribution is 0.395. The van der Waals surface area contributed by atoms with Gasteiger partial charge in [-0.25, -0.2) is 0 Å². The molecule has 0 radical (unpaired) electrons. The zero-order chi connectivity index (χ0) is 8.43. The van der Waals surface area contributed by atoms with Crippen LogP contribution in [0.1, 0.15) is 5.56 Å². The first-order valence-corrected chi connectivity index (χ1v) is 2.80. The first-order chi connectivity index (χ1) is 5.15. The van der Waals surface area contributed by atoms with Gasteiger partial charge in [-0.1, -0.05) is 0 Å². The third-order valence-electron chi connectivity index (χ3n) is 1.20. The maximum atomic E-state index is 8.94. The minimum absolute atomic E-state index is 0.150. The van der Waals surface area contributed by atoms with Crippen LogP contribution in [0.25, 0.3) is 0 Å². The van der Waals surface area contributed by atoms with Crippen molar-refractivity contribution >= 4 is 0 Å². The number of phenolic OH excluding ortho intramolecular Hbond substituents is 3. The van der Waals surface area contributed by atoms with Crippen molar-refractivity contribution in [2.45, 2.75) is 0 Å². The van der Waals surface area contributed by atoms with E-state index in [0.29, 0.717) is 0 Å². The molecule has 1 rings (SSSR count). The highest BCUT2D eigenvalue weighted by Crippen LogP contribution is 2.32. The third-order valence-corrected chi connectivity index (χ3v) is 1.20. The number of rotatable bonds is 0. The Balaban J connectivity index is 3.39. The summed E-state index contributed by atoms with van der Waals surface area (Å²) in [6.07, 6.45) is 0. The molecule has 0 heterocycles. The van der Waals surface area contributed by atoms with Crippen LogP contribution >= 0.6 is 0 Å². The average Bonchev–Trinajstić information content (AvgIpc) is 1.96. The van der Waals surface area contributed by atoms with E-state index in [2.05, 4.69) is 0 Å². The highest BCUT2D eigenvalue weighted by molar-refractivity contribution is 5.54. The normalized spacial score (nSPS) is 9.00. The van der Waals surface area contributed by atoms with E-state index in [0.717, 1.165) is 12.1 Å². The number of nitriles is 1. The fourth-order valence-corrected chi connectivity index (χ4v) is 0.690. The molecule has 1 aromatic carbocycles. The molecule has 0 unspecified atom stereocenters. The summed E-state index contributed by atoms with van der Waals surface area (Å²) in [5, 5.41) is 35.0. The molecule has 0 aliphatic carbocycles. The molecule has 3 N–H and O–H groups in total. The lowest BCUT2D eigenvalue weighted by atomic mass is 10.2. The van der Waals surface area contributed by atoms with Crippen LogP contribution in [-0.2, 0) is 0 Å². The van der Waals surface area contributed by atoms with Gasteiger partial charge in [0.1, 0.15) is 17.4 Å². The van der Waals surface area contributed by atoms with Gasteiger partial charge >= 0.3 is 0 Å². The van der Waals surface area contributed by atoms with Crippen molar-refractivity contribution in [2.24, 2.45) is 0 Å². The van der Waals surface area contributed by atoms with Gasteiger partial charge in [-0.2, -0.15) is 5.26 Å². The SMILES string of the molecule is N#Cc1cc(O)cc(O)c1O. The van der Waals surface area contributed by atoms with Crippen LogP contribution in [0.15, 0.2) is 12.1 Å². The first kappa shape index (κ1) is 7.22. The number of aromatic hydroxyl groups is 3. The van der Waals surface area contributed by atoms with E-state index < -0.39 is 11.5 Å². The Bertz CT molecular complexity index is 327. The van der Waals surface area contributed by atoms with Crippen LogP contribution in [0.3, 0.4) is 0 Å². The summed E-state index contributed by atoms with van der Waals surface area (Å²) >= 11 is 0. The maximum absolute atomic E-state index is 8.94. The highest BCUT2D eigenvalue weighted by atomic mass is 16.3. The zero-order valence-corrected chi connectivity index (χ0v) is 5.44. The fraction of sp³-hybridized carbons (Fsp3) is 0. The maximum Gasteiger partial charge on any atom is 0.175 e. The Labute approximate surface area is 62.6 Å². The zero-order valence-electron chi connectivity index (χ0n) is 5.44. The molecule has 0 fully saturated rings. The Kier molecular flexibility index (Phi) is 1.57. The second kappa shape index (κ2) is 2.39. The summed E-state index contributed by atoms with van der Waals surface area (Å²) in [5.74, 6) is -1.26. The molecule has 0 aliphatic rings. The van der Waals surface area contributed by atoms with Crippen molar-refractivity contribution in [1.82, 2.24) is 0 Å². The predicted octanol–water partition coefficient (Wildman–Crippen LogP) is 0.675. The summed E-state index contributed by atoms with van der Waals surface area (Å²) in [7, 11) is 0. The lowest BCUT2D eigenvalue weighted by Gasteiger charge is -1.99. The molecule has 11 heavy (non-hydrogen) atoms. The van der Waals surface area contributed by atoms with E-state index in [1.807, 2.05) is 0 Å². The third kappa shape index (κ3) is 1.17. The van der Waals surface area contributed by atoms with E-state index in [4.69, 9.17) is 20.6 Å². The summed E-state index contributed by atoms with van der Waals surface area (Å²) < 4.78 is 0. The van der Waals surface area contributed by atoms with Crippen molar-refractivity contribution in [3.05, 3.63) is 17.7 Å². The smallest absolute Gasteiger partial charge is 0.175 e. The van der Waals surface area contributed by atoms with Crippen LogP contribution in [-0.4, -0.2) is 15.3 Å². The number of nitrogens with zero attached hydrogens (tertiary/aromatic N) is 1. The van der Waals surface area contributed by atoms with Gasteiger partial charge < -0.3 is 15.3 Å². The first-order valence-electron chi connectivity index (χ1n) is 2.80. The van der Waals surface area contributed by atoms with E-state index in [1.54, 1.807) is 6.07 Å². The van der Waals surface area contributed by atoms with Crippen molar-refractivity contribution in [3.8, 4) is 23.3 Å². The number of hydrogen-bond acceptors (Lipinski definition) is 4. The van der Waals surface area contributed by atoms with Gasteiger partial charge in [0.25, 0.3) is 0 Å². The monoisotopic (exact) mass is 151 g/mol. The van der Waals surface area contributed by atoms with Gasteiger partial charge in [-0.15, -0.1) is 0 Å². The van der Waals surface area contributed by atoms with Crippen LogP contribution in [0, 0.1) is 11.3 Å². The molecular weight excluding hydrogens is 146 g/mol. The molecule has 0 aliphatic heterocycles. The predicted molar refractivity (Wildman–Crippen MR) is 36.2 cm³/mol. The van der Waals surface area contributed by atoms with Crippen LogP contribution in [0.4, 0.5) is 0 Å². The molecule has 0 saturated heterocycles. The van der Waals surface area contributed by atoms with Crippen molar-refractivity contribution in [1.29, 1.82) is 5.26 Å². The highest BCUT2D eigenvalue weighted by Gasteiger charge is 2.07. The number of hydrogen-bond donors (Lipinski definition) is 3. The van der Waals surface area contributed by atoms with Crippen molar-refractivity contribution in [3.63, 3.8) is 0 Å². The molecule has 0 saturated carbocycles. The summed E-state index contributed by atoms with van der Waals surface area (Å²) in [4.78, 5) is 0. The minimum Gasteiger partial charge on any atom is -0.508 e. The van der Waals surface area contributed by atoms with Gasteiger partial charge in [0, 0.05) is 12.1 Å². The number of benzene rings is 1. The summed E-state index contributed by atoms with van der Waals surface area (Å²) in [6, 6.07) is 3.63. The van der Waals surface area contributed by atoms with Crippen LogP contribution in [0.2, 0.25) is 0 Å². The molecule has 56 valence electrons. The Hall–Kier alpha value is -1.89. The second-order valence-electron chi connectivity index (χ2n) is 1.97. The van der Waals surface area contributed by atoms with Gasteiger partial charge in [-0.05, 0) is 0 Å². The quantitative estimate of drug-likeness (QED) is 0.376. The molecule has 0 atom stereocenters. The standard InChI is InChI=1S/C7H5NO3/c8-3-4-1-5(9)2-6(10)7(4)11/h1-2,9-11H. The molecule has 4 nitrogen and oxygen atoms in total. The van der Waals surface area contributed by atoms with E-state index in [-0.39, 0.29) is 11.3 Å². The average molecular weight is 151 g/mol. The topological polar surface area (TPSA) is 84.5 Å². The minimum atomic E-state index is -0.509. The molecular formula is C7H5NO3. The molecule has 1 aromatic rings. The van der Waals surface area contributed by atoms with Gasteiger partial charge in [0.15, 0.2) is 11.5 Å². The largest absolute Gasteiger partial charge is 0.508 e. The second-order valence-corrected chi connectivity index (χ2v) is 1.97. The van der Waals surface area contributed by atoms with E-state index >= 15 is 0 Å². The Morgan fingerprint density at radius 3 is 2.36 bits per heavy atom. The van der Waals surface area contributed by atoms with Gasteiger partial charge in [-0.3, -0.25) is 0 Å². The van der Waals surface area contributed by atoms with Crippen LogP contribution in [0.5, 0.6) is 17.2 Å². The van der Waals surface area contributed by atoms with Crippen molar-refractivity contribution < 1.29 is 15.3 Å². The van der Waals surface area contributed by atoms with Gasteiger partial charge in [0.2, 0.25) is 0 Å². The van der Waals surface area contributed by atoms with Crippen LogP contribution < -0.4 is 0 Å². The Morgan fingerprint density at radius 1 is 1.18 bits per heavy atom. The van der Waals surface area contributed by atoms with E-state index in [9.17, 15) is 0 Å². The molecule has 0 amide bonds. The Morgan fingerprint density at radius 2 is 1.82 bits per heavy atom. The molecule has 0 aromatic heterocycles. The lowest BCUT2D eigenvalue weighted by Crippen LogP contribution is -1.76. The van der Waals surface area contributed by atoms with Gasteiger partial charge in [0.05, 0.1) is 0 Å². The molecule has 4 heteroatoms. The molecule has 0 spiro atoms. The number of phenols is 3.